The van der Waals surface area contributed by atoms with Gasteiger partial charge in [0.25, 0.3) is 5.91 Å². The molecule has 22 heavy (non-hydrogen) atoms. The average Bonchev–Trinajstić information content (AvgIpc) is 2.44. The highest BCUT2D eigenvalue weighted by Gasteiger charge is 2.26. The van der Waals surface area contributed by atoms with Crippen LogP contribution in [0.3, 0.4) is 0 Å². The molecule has 1 amide bonds. The Morgan fingerprint density at radius 1 is 1.23 bits per heavy atom. The Morgan fingerprint density at radius 3 is 2.27 bits per heavy atom. The SMILES string of the molecule is CCC(CC)(CN)NC(=O)c1cccc(CN(C)C)c1.Cl.Cl. The highest BCUT2D eigenvalue weighted by atomic mass is 35.5. The zero-order valence-electron chi connectivity index (χ0n) is 13.9. The van der Waals surface area contributed by atoms with Gasteiger partial charge >= 0.3 is 0 Å². The van der Waals surface area contributed by atoms with Gasteiger partial charge in [0.15, 0.2) is 0 Å². The van der Waals surface area contributed by atoms with Crippen LogP contribution in [0.2, 0.25) is 0 Å². The quantitative estimate of drug-likeness (QED) is 0.795. The van der Waals surface area contributed by atoms with E-state index < -0.39 is 0 Å². The highest BCUT2D eigenvalue weighted by Crippen LogP contribution is 2.15. The van der Waals surface area contributed by atoms with Crippen LogP contribution in [-0.4, -0.2) is 37.0 Å². The monoisotopic (exact) mass is 349 g/mol. The predicted octanol–water partition coefficient (Wildman–Crippen LogP) is 2.84. The molecule has 0 heterocycles. The Hall–Kier alpha value is -0.810. The third-order valence-electron chi connectivity index (χ3n) is 3.81. The summed E-state index contributed by atoms with van der Waals surface area (Å²) in [5.41, 5.74) is 7.36. The fraction of sp³-hybridized carbons (Fsp3) is 0.562. The van der Waals surface area contributed by atoms with Crippen LogP contribution < -0.4 is 11.1 Å². The largest absolute Gasteiger partial charge is 0.345 e. The Kier molecular flexibility index (Phi) is 11.6. The lowest BCUT2D eigenvalue weighted by Crippen LogP contribution is -2.52. The van der Waals surface area contributed by atoms with E-state index in [1.165, 1.54) is 0 Å². The van der Waals surface area contributed by atoms with E-state index >= 15 is 0 Å². The van der Waals surface area contributed by atoms with Gasteiger partial charge in [-0.05, 0) is 44.6 Å². The number of nitrogens with one attached hydrogen (secondary N) is 1. The number of amides is 1. The number of carbonyl (C=O) groups is 1. The Morgan fingerprint density at radius 2 is 1.82 bits per heavy atom. The minimum atomic E-state index is -0.297. The number of nitrogens with two attached hydrogens (primary N) is 1. The fourth-order valence-electron chi connectivity index (χ4n) is 2.26. The van der Waals surface area contributed by atoms with Crippen molar-refractivity contribution in [1.29, 1.82) is 0 Å². The Balaban J connectivity index is 0. The van der Waals surface area contributed by atoms with E-state index in [1.807, 2.05) is 38.4 Å². The van der Waals surface area contributed by atoms with Crippen molar-refractivity contribution in [3.05, 3.63) is 35.4 Å². The molecule has 128 valence electrons. The molecule has 0 atom stereocenters. The normalized spacial score (nSPS) is 10.6. The molecule has 0 aromatic heterocycles. The molecule has 1 aromatic carbocycles. The second kappa shape index (κ2) is 10.8. The van der Waals surface area contributed by atoms with Gasteiger partial charge in [-0.25, -0.2) is 0 Å². The van der Waals surface area contributed by atoms with Crippen molar-refractivity contribution in [2.75, 3.05) is 20.6 Å². The number of halogens is 2. The van der Waals surface area contributed by atoms with Gasteiger partial charge in [0, 0.05) is 18.7 Å². The number of carbonyl (C=O) groups excluding carboxylic acids is 1. The van der Waals surface area contributed by atoms with Gasteiger partial charge < -0.3 is 16.0 Å². The van der Waals surface area contributed by atoms with E-state index in [0.29, 0.717) is 12.1 Å². The molecule has 0 aliphatic heterocycles. The van der Waals surface area contributed by atoms with Gasteiger partial charge in [-0.15, -0.1) is 24.8 Å². The molecule has 0 aliphatic rings. The molecule has 0 saturated heterocycles. The molecule has 3 N–H and O–H groups in total. The topological polar surface area (TPSA) is 58.4 Å². The van der Waals surface area contributed by atoms with Crippen molar-refractivity contribution >= 4 is 30.7 Å². The van der Waals surface area contributed by atoms with Crippen LogP contribution >= 0.6 is 24.8 Å². The van der Waals surface area contributed by atoms with E-state index in [1.54, 1.807) is 0 Å². The Labute approximate surface area is 146 Å². The zero-order chi connectivity index (χ0) is 15.2. The second-order valence-corrected chi connectivity index (χ2v) is 5.58. The first-order valence-corrected chi connectivity index (χ1v) is 7.22. The lowest BCUT2D eigenvalue weighted by atomic mass is 9.92. The minimum Gasteiger partial charge on any atom is -0.345 e. The lowest BCUT2D eigenvalue weighted by molar-refractivity contribution is 0.0895. The number of hydrogen-bond donors (Lipinski definition) is 2. The summed E-state index contributed by atoms with van der Waals surface area (Å²) in [7, 11) is 4.03. The van der Waals surface area contributed by atoms with E-state index in [2.05, 4.69) is 24.1 Å². The maximum atomic E-state index is 12.4. The van der Waals surface area contributed by atoms with E-state index in [0.717, 1.165) is 24.9 Å². The van der Waals surface area contributed by atoms with Gasteiger partial charge in [0.1, 0.15) is 0 Å². The maximum Gasteiger partial charge on any atom is 0.251 e. The molecule has 0 saturated carbocycles. The van der Waals surface area contributed by atoms with E-state index in [9.17, 15) is 4.79 Å². The van der Waals surface area contributed by atoms with Gasteiger partial charge in [-0.2, -0.15) is 0 Å². The molecular formula is C16H29Cl2N3O. The summed E-state index contributed by atoms with van der Waals surface area (Å²) in [4.78, 5) is 14.5. The first-order chi connectivity index (χ1) is 9.46. The molecule has 4 nitrogen and oxygen atoms in total. The summed E-state index contributed by atoms with van der Waals surface area (Å²) >= 11 is 0. The van der Waals surface area contributed by atoms with Crippen LogP contribution in [0.5, 0.6) is 0 Å². The van der Waals surface area contributed by atoms with Crippen molar-refractivity contribution in [2.45, 2.75) is 38.8 Å². The van der Waals surface area contributed by atoms with Crippen LogP contribution in [0.4, 0.5) is 0 Å². The van der Waals surface area contributed by atoms with Crippen LogP contribution in [0, 0.1) is 0 Å². The molecule has 0 aliphatic carbocycles. The van der Waals surface area contributed by atoms with Crippen LogP contribution in [0.15, 0.2) is 24.3 Å². The molecule has 0 spiro atoms. The minimum absolute atomic E-state index is 0. The van der Waals surface area contributed by atoms with Crippen molar-refractivity contribution in [3.63, 3.8) is 0 Å². The highest BCUT2D eigenvalue weighted by molar-refractivity contribution is 5.94. The Bertz CT molecular complexity index is 441. The number of rotatable bonds is 7. The fourth-order valence-corrected chi connectivity index (χ4v) is 2.26. The zero-order valence-corrected chi connectivity index (χ0v) is 15.5. The third-order valence-corrected chi connectivity index (χ3v) is 3.81. The number of benzene rings is 1. The summed E-state index contributed by atoms with van der Waals surface area (Å²) in [6.45, 7) is 5.39. The van der Waals surface area contributed by atoms with Gasteiger partial charge in [-0.1, -0.05) is 26.0 Å². The summed E-state index contributed by atoms with van der Waals surface area (Å²) in [5, 5.41) is 3.10. The molecule has 0 fully saturated rings. The molecule has 1 aromatic rings. The summed E-state index contributed by atoms with van der Waals surface area (Å²) in [6.07, 6.45) is 1.67. The average molecular weight is 350 g/mol. The van der Waals surface area contributed by atoms with Crippen LogP contribution in [0.1, 0.15) is 42.6 Å². The van der Waals surface area contributed by atoms with Crippen LogP contribution in [0.25, 0.3) is 0 Å². The predicted molar refractivity (Wildman–Crippen MR) is 98.2 cm³/mol. The second-order valence-electron chi connectivity index (χ2n) is 5.58. The van der Waals surface area contributed by atoms with E-state index in [-0.39, 0.29) is 36.3 Å². The maximum absolute atomic E-state index is 12.4. The first kappa shape index (κ1) is 23.5. The van der Waals surface area contributed by atoms with Crippen molar-refractivity contribution in [3.8, 4) is 0 Å². The van der Waals surface area contributed by atoms with Gasteiger partial charge in [0.2, 0.25) is 0 Å². The van der Waals surface area contributed by atoms with E-state index in [4.69, 9.17) is 5.73 Å². The number of hydrogen-bond acceptors (Lipinski definition) is 3. The molecular weight excluding hydrogens is 321 g/mol. The summed E-state index contributed by atoms with van der Waals surface area (Å²) in [6, 6.07) is 7.76. The first-order valence-electron chi connectivity index (χ1n) is 7.22. The van der Waals surface area contributed by atoms with Gasteiger partial charge in [0.05, 0.1) is 5.54 Å². The summed E-state index contributed by atoms with van der Waals surface area (Å²) < 4.78 is 0. The van der Waals surface area contributed by atoms with Crippen LogP contribution in [-0.2, 0) is 6.54 Å². The molecule has 0 bridgehead atoms. The molecule has 0 unspecified atom stereocenters. The molecule has 6 heteroatoms. The lowest BCUT2D eigenvalue weighted by Gasteiger charge is -2.31. The summed E-state index contributed by atoms with van der Waals surface area (Å²) in [5.74, 6) is -0.0419. The van der Waals surface area contributed by atoms with Crippen molar-refractivity contribution in [2.24, 2.45) is 5.73 Å². The molecule has 0 radical (unpaired) electrons. The third kappa shape index (κ3) is 6.53. The van der Waals surface area contributed by atoms with Crippen molar-refractivity contribution < 1.29 is 4.79 Å². The molecule has 1 rings (SSSR count). The number of nitrogens with zero attached hydrogens (tertiary/aromatic N) is 1. The standard InChI is InChI=1S/C16H27N3O.2ClH/c1-5-16(6-2,12-17)18-15(20)14-9-7-8-13(10-14)11-19(3)4;;/h7-10H,5-6,11-12,17H2,1-4H3,(H,18,20);2*1H. The van der Waals surface area contributed by atoms with Crippen molar-refractivity contribution in [1.82, 2.24) is 10.2 Å². The van der Waals surface area contributed by atoms with Gasteiger partial charge in [-0.3, -0.25) is 4.79 Å². The smallest absolute Gasteiger partial charge is 0.251 e.